The summed E-state index contributed by atoms with van der Waals surface area (Å²) in [5.74, 6) is -0.871. The van der Waals surface area contributed by atoms with Crippen LogP contribution in [0.25, 0.3) is 0 Å². The second-order valence-electron chi connectivity index (χ2n) is 3.63. The Morgan fingerprint density at radius 1 is 1.39 bits per heavy atom. The number of hydrogen-bond donors (Lipinski definition) is 2. The van der Waals surface area contributed by atoms with Gasteiger partial charge in [-0.15, -0.1) is 13.2 Å². The highest BCUT2D eigenvalue weighted by atomic mass is 19.4. The fraction of sp³-hybridized carbons (Fsp3) is 0.364. The number of ether oxygens (including phenoxy) is 1. The summed E-state index contributed by atoms with van der Waals surface area (Å²) >= 11 is 0. The topological polar surface area (TPSA) is 58.6 Å². The van der Waals surface area contributed by atoms with Crippen molar-refractivity contribution in [2.75, 3.05) is 6.61 Å². The molecule has 100 valence electrons. The highest BCUT2D eigenvalue weighted by Gasteiger charge is 2.31. The van der Waals surface area contributed by atoms with Crippen molar-refractivity contribution in [2.24, 2.45) is 0 Å². The molecule has 1 amide bonds. The molecule has 1 aromatic carbocycles. The average Bonchev–Trinajstić information content (AvgIpc) is 2.27. The molecule has 0 aromatic heterocycles. The van der Waals surface area contributed by atoms with E-state index in [0.717, 1.165) is 12.1 Å². The van der Waals surface area contributed by atoms with Gasteiger partial charge in [0.2, 0.25) is 0 Å². The van der Waals surface area contributed by atoms with Crippen LogP contribution in [0, 0.1) is 0 Å². The first-order valence-corrected chi connectivity index (χ1v) is 5.09. The van der Waals surface area contributed by atoms with Gasteiger partial charge in [-0.1, -0.05) is 0 Å². The van der Waals surface area contributed by atoms with E-state index in [4.69, 9.17) is 5.11 Å². The lowest BCUT2D eigenvalue weighted by Crippen LogP contribution is -2.34. The maximum atomic E-state index is 11.9. The lowest BCUT2D eigenvalue weighted by atomic mass is 10.2. The van der Waals surface area contributed by atoms with Crippen LogP contribution in [-0.4, -0.2) is 30.0 Å². The molecule has 0 aliphatic heterocycles. The zero-order chi connectivity index (χ0) is 13.8. The predicted octanol–water partition coefficient (Wildman–Crippen LogP) is 1.70. The van der Waals surface area contributed by atoms with Gasteiger partial charge in [0.15, 0.2) is 0 Å². The number of nitrogens with one attached hydrogen (secondary N) is 1. The Kier molecular flexibility index (Phi) is 4.55. The molecule has 0 aliphatic rings. The first-order chi connectivity index (χ1) is 8.31. The van der Waals surface area contributed by atoms with Crippen molar-refractivity contribution in [1.29, 1.82) is 0 Å². The fourth-order valence-corrected chi connectivity index (χ4v) is 1.16. The average molecular weight is 263 g/mol. The molecule has 1 rings (SSSR count). The Morgan fingerprint density at radius 3 is 2.39 bits per heavy atom. The van der Waals surface area contributed by atoms with E-state index in [1.165, 1.54) is 12.1 Å². The minimum atomic E-state index is -4.75. The van der Waals surface area contributed by atoms with Crippen LogP contribution < -0.4 is 10.1 Å². The molecular formula is C11H12F3NO3. The minimum Gasteiger partial charge on any atom is -0.406 e. The molecule has 4 nitrogen and oxygen atoms in total. The van der Waals surface area contributed by atoms with Crippen LogP contribution >= 0.6 is 0 Å². The van der Waals surface area contributed by atoms with Gasteiger partial charge in [-0.05, 0) is 31.2 Å². The fourth-order valence-electron chi connectivity index (χ4n) is 1.16. The first kappa shape index (κ1) is 14.3. The van der Waals surface area contributed by atoms with Gasteiger partial charge in [0, 0.05) is 11.6 Å². The van der Waals surface area contributed by atoms with Crippen LogP contribution in [0.1, 0.15) is 17.3 Å². The number of amides is 1. The van der Waals surface area contributed by atoms with Gasteiger partial charge in [-0.3, -0.25) is 4.79 Å². The van der Waals surface area contributed by atoms with Gasteiger partial charge >= 0.3 is 6.36 Å². The molecule has 0 aliphatic carbocycles. The number of alkyl halides is 3. The molecule has 0 heterocycles. The predicted molar refractivity (Wildman–Crippen MR) is 57.1 cm³/mol. The van der Waals surface area contributed by atoms with E-state index in [1.54, 1.807) is 6.92 Å². The van der Waals surface area contributed by atoms with Crippen molar-refractivity contribution in [2.45, 2.75) is 19.3 Å². The summed E-state index contributed by atoms with van der Waals surface area (Å²) < 4.78 is 39.3. The number of benzene rings is 1. The summed E-state index contributed by atoms with van der Waals surface area (Å²) in [6, 6.07) is 4.09. The summed E-state index contributed by atoms with van der Waals surface area (Å²) in [5, 5.41) is 11.2. The van der Waals surface area contributed by atoms with Gasteiger partial charge < -0.3 is 15.2 Å². The minimum absolute atomic E-state index is 0.185. The SMILES string of the molecule is C[C@H](CO)NC(=O)c1ccc(OC(F)(F)F)cc1. The zero-order valence-corrected chi connectivity index (χ0v) is 9.49. The summed E-state index contributed by atoms with van der Waals surface area (Å²) in [6.07, 6.45) is -4.75. The number of rotatable bonds is 4. The largest absolute Gasteiger partial charge is 0.573 e. The monoisotopic (exact) mass is 263 g/mol. The van der Waals surface area contributed by atoms with Gasteiger partial charge in [0.05, 0.1) is 6.61 Å². The van der Waals surface area contributed by atoms with Crippen molar-refractivity contribution in [1.82, 2.24) is 5.32 Å². The van der Waals surface area contributed by atoms with E-state index >= 15 is 0 Å². The number of aliphatic hydroxyl groups excluding tert-OH is 1. The molecule has 2 N–H and O–H groups in total. The molecule has 0 saturated heterocycles. The van der Waals surface area contributed by atoms with E-state index in [9.17, 15) is 18.0 Å². The molecule has 0 saturated carbocycles. The van der Waals surface area contributed by atoms with Crippen molar-refractivity contribution in [3.8, 4) is 5.75 Å². The second kappa shape index (κ2) is 5.72. The van der Waals surface area contributed by atoms with Crippen molar-refractivity contribution in [3.05, 3.63) is 29.8 Å². The second-order valence-corrected chi connectivity index (χ2v) is 3.63. The molecule has 0 unspecified atom stereocenters. The third-order valence-electron chi connectivity index (χ3n) is 2.00. The van der Waals surface area contributed by atoms with Crippen LogP contribution in [0.5, 0.6) is 5.75 Å². The Bertz CT molecular complexity index is 403. The van der Waals surface area contributed by atoms with E-state index < -0.39 is 24.1 Å². The lowest BCUT2D eigenvalue weighted by molar-refractivity contribution is -0.274. The molecule has 0 fully saturated rings. The maximum Gasteiger partial charge on any atom is 0.573 e. The lowest BCUT2D eigenvalue weighted by Gasteiger charge is -2.11. The molecule has 1 aromatic rings. The van der Waals surface area contributed by atoms with Crippen LogP contribution in [0.3, 0.4) is 0 Å². The molecule has 7 heteroatoms. The van der Waals surface area contributed by atoms with Crippen molar-refractivity contribution < 1.29 is 27.8 Å². The molecule has 0 spiro atoms. The van der Waals surface area contributed by atoms with Gasteiger partial charge in [-0.25, -0.2) is 0 Å². The quantitative estimate of drug-likeness (QED) is 0.869. The zero-order valence-electron chi connectivity index (χ0n) is 9.49. The highest BCUT2D eigenvalue weighted by molar-refractivity contribution is 5.94. The number of hydrogen-bond acceptors (Lipinski definition) is 3. The first-order valence-electron chi connectivity index (χ1n) is 5.09. The number of carbonyl (C=O) groups is 1. The standard InChI is InChI=1S/C11H12F3NO3/c1-7(6-16)15-10(17)8-2-4-9(5-3-8)18-11(12,13)14/h2-5,7,16H,6H2,1H3,(H,15,17)/t7-/m1/s1. The third-order valence-corrected chi connectivity index (χ3v) is 2.00. The van der Waals surface area contributed by atoms with Crippen LogP contribution in [-0.2, 0) is 0 Å². The van der Waals surface area contributed by atoms with E-state index in [1.807, 2.05) is 0 Å². The number of halogens is 3. The van der Waals surface area contributed by atoms with E-state index in [-0.39, 0.29) is 12.2 Å². The Hall–Kier alpha value is -1.76. The molecule has 18 heavy (non-hydrogen) atoms. The smallest absolute Gasteiger partial charge is 0.406 e. The normalized spacial score (nSPS) is 12.9. The molecule has 0 bridgehead atoms. The van der Waals surface area contributed by atoms with E-state index in [2.05, 4.69) is 10.1 Å². The number of carbonyl (C=O) groups excluding carboxylic acids is 1. The molecule has 0 radical (unpaired) electrons. The van der Waals surface area contributed by atoms with Crippen molar-refractivity contribution in [3.63, 3.8) is 0 Å². The van der Waals surface area contributed by atoms with Crippen molar-refractivity contribution >= 4 is 5.91 Å². The summed E-state index contributed by atoms with van der Waals surface area (Å²) in [4.78, 5) is 11.5. The molecule has 1 atom stereocenters. The van der Waals surface area contributed by atoms with Gasteiger partial charge in [-0.2, -0.15) is 0 Å². The van der Waals surface area contributed by atoms with E-state index in [0.29, 0.717) is 0 Å². The Balaban J connectivity index is 2.68. The Morgan fingerprint density at radius 2 is 1.94 bits per heavy atom. The van der Waals surface area contributed by atoms with Crippen LogP contribution in [0.4, 0.5) is 13.2 Å². The van der Waals surface area contributed by atoms with Crippen LogP contribution in [0.2, 0.25) is 0 Å². The third kappa shape index (κ3) is 4.62. The molecular weight excluding hydrogens is 251 g/mol. The van der Waals surface area contributed by atoms with Gasteiger partial charge in [0.25, 0.3) is 5.91 Å². The maximum absolute atomic E-state index is 11.9. The summed E-state index contributed by atoms with van der Waals surface area (Å²) in [6.45, 7) is 1.38. The number of aliphatic hydroxyl groups is 1. The van der Waals surface area contributed by atoms with Crippen LogP contribution in [0.15, 0.2) is 24.3 Å². The summed E-state index contributed by atoms with van der Waals surface area (Å²) in [5.41, 5.74) is 0.185. The Labute approximate surface area is 101 Å². The van der Waals surface area contributed by atoms with Gasteiger partial charge in [0.1, 0.15) is 5.75 Å². The summed E-state index contributed by atoms with van der Waals surface area (Å²) in [7, 11) is 0. The highest BCUT2D eigenvalue weighted by Crippen LogP contribution is 2.22.